The molecule has 0 aliphatic heterocycles. The normalized spacial score (nSPS) is 11.5. The number of aromatic nitrogens is 6. The molecule has 0 atom stereocenters. The highest BCUT2D eigenvalue weighted by Crippen LogP contribution is 2.47. The molecule has 6 heteroatoms. The number of para-hydroxylation sites is 6. The van der Waals surface area contributed by atoms with Crippen LogP contribution in [-0.4, -0.2) is 28.2 Å². The molecule has 6 aromatic heterocycles. The topological polar surface area (TPSA) is 45.5 Å². The Kier molecular flexibility index (Phi) is 19.2. The number of hydrogen-bond donors (Lipinski definition) is 0. The fourth-order valence-corrected chi connectivity index (χ4v) is 19.7. The van der Waals surface area contributed by atoms with Crippen molar-refractivity contribution in [2.75, 3.05) is 0 Å². The van der Waals surface area contributed by atoms with E-state index in [4.69, 9.17) is 9.97 Å². The van der Waals surface area contributed by atoms with Gasteiger partial charge in [0.1, 0.15) is 11.6 Å². The van der Waals surface area contributed by atoms with Gasteiger partial charge in [-0.1, -0.05) is 376 Å². The first-order chi connectivity index (χ1) is 64.5. The van der Waals surface area contributed by atoms with Crippen LogP contribution in [0, 0.1) is 0 Å². The van der Waals surface area contributed by atoms with E-state index in [-0.39, 0.29) is 0 Å². The molecule has 0 unspecified atom stereocenters. The van der Waals surface area contributed by atoms with Crippen molar-refractivity contribution in [3.63, 3.8) is 0 Å². The first-order valence-electron chi connectivity index (χ1n) is 44.5. The minimum absolute atomic E-state index is 0.902. The summed E-state index contributed by atoms with van der Waals surface area (Å²) in [4.78, 5) is 10.3. The van der Waals surface area contributed by atoms with Crippen LogP contribution in [0.4, 0.5) is 0 Å². The van der Waals surface area contributed by atoms with Crippen molar-refractivity contribution in [1.29, 1.82) is 0 Å². The van der Waals surface area contributed by atoms with Crippen molar-refractivity contribution < 1.29 is 0 Å². The second-order valence-electron chi connectivity index (χ2n) is 33.4. The Labute approximate surface area is 753 Å². The van der Waals surface area contributed by atoms with Crippen molar-refractivity contribution in [1.82, 2.24) is 28.2 Å². The summed E-state index contributed by atoms with van der Waals surface area (Å²) < 4.78 is 9.33. The maximum atomic E-state index is 5.19. The number of hydrogen-bond acceptors (Lipinski definition) is 2. The van der Waals surface area contributed by atoms with Gasteiger partial charge in [0.25, 0.3) is 0 Å². The Morgan fingerprint density at radius 3 is 0.654 bits per heavy atom. The van der Waals surface area contributed by atoms with Gasteiger partial charge in [0.05, 0.1) is 55.5 Å². The fourth-order valence-electron chi connectivity index (χ4n) is 19.7. The maximum absolute atomic E-state index is 5.19. The summed E-state index contributed by atoms with van der Waals surface area (Å²) in [5.74, 6) is 1.81. The van der Waals surface area contributed by atoms with Crippen molar-refractivity contribution in [2.24, 2.45) is 0 Å². The van der Waals surface area contributed by atoms with E-state index < -0.39 is 0 Å². The molecule has 130 heavy (non-hydrogen) atoms. The zero-order valence-electron chi connectivity index (χ0n) is 71.0. The fraction of sp³-hybridized carbons (Fsp3) is 0. The quantitative estimate of drug-likeness (QED) is 0.103. The molecule has 0 fully saturated rings. The summed E-state index contributed by atoms with van der Waals surface area (Å²) >= 11 is 0. The Hall–Kier alpha value is -17.3. The SMILES string of the molecule is c1ccc(-c2cccc(-n3c4ccccc4c4cc(-c5ccc(-c6ccc(-c7ccc(-c8ccc(-c9ccc%10c(c9)c9ccccc9n%10-c9ccccc9)cc8)cc7)cc6)cc5)ccc43)n2)cc1.c1ccc(-c2cccc(-n3c4ccccc4c4cc(-c5ccccc5-c5ccccc5-c5ccccc5-c5ccc6c(c5)c5ccccc5n6-c5ccccc5)ccc43)n2)cc1. The molecule has 0 bridgehead atoms. The van der Waals surface area contributed by atoms with Crippen LogP contribution >= 0.6 is 0 Å². The van der Waals surface area contributed by atoms with Crippen LogP contribution < -0.4 is 0 Å². The van der Waals surface area contributed by atoms with Crippen LogP contribution in [0.1, 0.15) is 0 Å². The number of nitrogens with zero attached hydrogens (tertiary/aromatic N) is 6. The molecular weight excluding hydrogens is 1570 g/mol. The molecule has 0 spiro atoms. The molecule has 0 aliphatic rings. The monoisotopic (exact) mass is 1650 g/mol. The molecule has 0 aliphatic carbocycles. The lowest BCUT2D eigenvalue weighted by molar-refractivity contribution is 1.08. The lowest BCUT2D eigenvalue weighted by Crippen LogP contribution is -1.98. The molecule has 6 nitrogen and oxygen atoms in total. The van der Waals surface area contributed by atoms with Gasteiger partial charge in [-0.05, 0) is 221 Å². The van der Waals surface area contributed by atoms with E-state index in [0.717, 1.165) is 61.9 Å². The molecule has 0 saturated carbocycles. The Morgan fingerprint density at radius 1 is 0.123 bits per heavy atom. The van der Waals surface area contributed by atoms with E-state index in [0.29, 0.717) is 0 Å². The third kappa shape index (κ3) is 13.7. The van der Waals surface area contributed by atoms with E-state index in [9.17, 15) is 0 Å². The largest absolute Gasteiger partial charge is 0.309 e. The predicted octanol–water partition coefficient (Wildman–Crippen LogP) is 32.9. The van der Waals surface area contributed by atoms with Crippen molar-refractivity contribution in [2.45, 2.75) is 0 Å². The third-order valence-electron chi connectivity index (χ3n) is 26.0. The Balaban J connectivity index is 0.000000145. The van der Waals surface area contributed by atoms with Crippen molar-refractivity contribution in [3.8, 4) is 146 Å². The van der Waals surface area contributed by atoms with Gasteiger partial charge in [0, 0.05) is 65.6 Å². The zero-order chi connectivity index (χ0) is 86.0. The molecular formula is C124H82N6. The highest BCUT2D eigenvalue weighted by molar-refractivity contribution is 6.15. The summed E-state index contributed by atoms with van der Waals surface area (Å²) in [6, 6.07) is 179. The lowest BCUT2D eigenvalue weighted by atomic mass is 9.86. The first kappa shape index (κ1) is 76.3. The van der Waals surface area contributed by atoms with Gasteiger partial charge < -0.3 is 9.13 Å². The summed E-state index contributed by atoms with van der Waals surface area (Å²) in [5, 5.41) is 9.84. The summed E-state index contributed by atoms with van der Waals surface area (Å²) in [5.41, 5.74) is 37.4. The molecule has 0 amide bonds. The number of rotatable bonds is 15. The maximum Gasteiger partial charge on any atom is 0.138 e. The smallest absolute Gasteiger partial charge is 0.138 e. The standard InChI is InChI=1S/C65H43N3.C59H39N3/c1-3-12-52(13-4-1)60-18-11-21-65(66-60)68-62-20-10-8-17-57(62)59-43-54(39-41-64(59)68)51-36-32-49(33-37-51)47-28-24-45(25-29-47)44-22-26-46(27-23-44)48-30-34-50(35-31-48)53-38-40-63-58(42-53)56-16-7-9-19-61(56)67(63)55-14-5-2-6-15-55;1-3-18-40(19-4-1)54-30-17-33-59(60-54)62-56-32-16-14-29-51(56)53-39-42(35-37-58(53)62)45-23-8-10-25-47(45)49-27-12-11-26-48(49)46-24-9-7-22-44(46)41-34-36-57-52(38-41)50-28-13-15-31-55(50)61(57)43-20-5-2-6-21-43/h1-43H;1-39H. The molecule has 6 heterocycles. The molecule has 25 aromatic rings. The van der Waals surface area contributed by atoms with E-state index in [1.165, 1.54) is 171 Å². The second kappa shape index (κ2) is 32.7. The van der Waals surface area contributed by atoms with E-state index in [2.05, 4.69) is 504 Å². The van der Waals surface area contributed by atoms with Crippen LogP contribution in [0.5, 0.6) is 0 Å². The minimum atomic E-state index is 0.902. The van der Waals surface area contributed by atoms with Gasteiger partial charge >= 0.3 is 0 Å². The van der Waals surface area contributed by atoms with Gasteiger partial charge in [-0.15, -0.1) is 0 Å². The molecule has 0 saturated heterocycles. The molecule has 0 N–H and O–H groups in total. The third-order valence-corrected chi connectivity index (χ3v) is 26.0. The van der Waals surface area contributed by atoms with E-state index >= 15 is 0 Å². The predicted molar refractivity (Wildman–Crippen MR) is 546 cm³/mol. The summed E-state index contributed by atoms with van der Waals surface area (Å²) in [6.45, 7) is 0. The van der Waals surface area contributed by atoms with Gasteiger partial charge in [-0.25, -0.2) is 9.97 Å². The molecule has 19 aromatic carbocycles. The van der Waals surface area contributed by atoms with Gasteiger partial charge in [0.2, 0.25) is 0 Å². The van der Waals surface area contributed by atoms with Crippen LogP contribution in [0.25, 0.3) is 233 Å². The lowest BCUT2D eigenvalue weighted by Gasteiger charge is -2.17. The highest BCUT2D eigenvalue weighted by Gasteiger charge is 2.23. The Bertz CT molecular complexity index is 8600. The van der Waals surface area contributed by atoms with Crippen LogP contribution in [0.3, 0.4) is 0 Å². The van der Waals surface area contributed by atoms with E-state index in [1.54, 1.807) is 0 Å². The van der Waals surface area contributed by atoms with Crippen molar-refractivity contribution in [3.05, 3.63) is 497 Å². The zero-order valence-corrected chi connectivity index (χ0v) is 71.0. The summed E-state index contributed by atoms with van der Waals surface area (Å²) in [7, 11) is 0. The van der Waals surface area contributed by atoms with Gasteiger partial charge in [0.15, 0.2) is 0 Å². The second-order valence-corrected chi connectivity index (χ2v) is 33.4. The van der Waals surface area contributed by atoms with Crippen molar-refractivity contribution >= 4 is 87.2 Å². The average Bonchev–Trinajstić information content (AvgIpc) is 1.59. The molecule has 0 radical (unpaired) electrons. The van der Waals surface area contributed by atoms with E-state index in [1.807, 2.05) is 12.1 Å². The average molecular weight is 1660 g/mol. The number of benzene rings is 19. The molecule has 608 valence electrons. The minimum Gasteiger partial charge on any atom is -0.309 e. The molecule has 25 rings (SSSR count). The Morgan fingerprint density at radius 2 is 0.338 bits per heavy atom. The first-order valence-corrected chi connectivity index (χ1v) is 44.5. The van der Waals surface area contributed by atoms with Gasteiger partial charge in [-0.3, -0.25) is 9.13 Å². The van der Waals surface area contributed by atoms with Crippen LogP contribution in [-0.2, 0) is 0 Å². The highest BCUT2D eigenvalue weighted by atomic mass is 15.1. The summed E-state index contributed by atoms with van der Waals surface area (Å²) in [6.07, 6.45) is 0. The van der Waals surface area contributed by atoms with Crippen LogP contribution in [0.15, 0.2) is 497 Å². The number of fused-ring (bicyclic) bond motifs is 12. The van der Waals surface area contributed by atoms with Gasteiger partial charge in [-0.2, -0.15) is 0 Å². The number of pyridine rings is 2. The van der Waals surface area contributed by atoms with Crippen LogP contribution in [0.2, 0.25) is 0 Å².